The van der Waals surface area contributed by atoms with Gasteiger partial charge in [-0.25, -0.2) is 4.79 Å². The van der Waals surface area contributed by atoms with Gasteiger partial charge in [-0.3, -0.25) is 19.2 Å². The highest BCUT2D eigenvalue weighted by Gasteiger charge is 2.30. The molecule has 0 saturated heterocycles. The molecule has 14 heteroatoms. The van der Waals surface area contributed by atoms with Crippen LogP contribution < -0.4 is 27.4 Å². The fourth-order valence-electron chi connectivity index (χ4n) is 2.01. The SMILES string of the molecule is CSCCC(NC(=O)C(CO)NC(=O)C(N)CO)C(=O)NC(CC(N)=O)C(=O)O. The van der Waals surface area contributed by atoms with E-state index in [2.05, 4.69) is 16.0 Å². The molecular weight excluding hydrogens is 410 g/mol. The predicted octanol–water partition coefficient (Wildman–Crippen LogP) is -4.53. The average Bonchev–Trinajstić information content (AvgIpc) is 2.66. The number of carbonyl (C=O) groups is 5. The van der Waals surface area contributed by atoms with Crippen molar-refractivity contribution in [2.75, 3.05) is 25.2 Å². The van der Waals surface area contributed by atoms with Gasteiger partial charge in [0.25, 0.3) is 0 Å². The van der Waals surface area contributed by atoms with Crippen LogP contribution in [0.25, 0.3) is 0 Å². The largest absolute Gasteiger partial charge is 0.480 e. The number of carboxylic acid groups (broad SMARTS) is 1. The number of nitrogens with two attached hydrogens (primary N) is 2. The normalized spacial score (nSPS) is 14.8. The molecule has 13 nitrogen and oxygen atoms in total. The van der Waals surface area contributed by atoms with Crippen molar-refractivity contribution >= 4 is 41.4 Å². The first-order chi connectivity index (χ1) is 13.6. The highest BCUT2D eigenvalue weighted by atomic mass is 32.2. The molecule has 0 aliphatic rings. The highest BCUT2D eigenvalue weighted by molar-refractivity contribution is 7.98. The van der Waals surface area contributed by atoms with Crippen molar-refractivity contribution < 1.29 is 39.3 Å². The molecule has 4 unspecified atom stereocenters. The van der Waals surface area contributed by atoms with E-state index in [0.717, 1.165) is 0 Å². The van der Waals surface area contributed by atoms with Crippen LogP contribution >= 0.6 is 11.8 Å². The second-order valence-corrected chi connectivity index (χ2v) is 6.93. The summed E-state index contributed by atoms with van der Waals surface area (Å²) in [6.07, 6.45) is 1.21. The summed E-state index contributed by atoms with van der Waals surface area (Å²) in [6.45, 7) is -1.49. The third-order valence-corrected chi connectivity index (χ3v) is 4.26. The Labute approximate surface area is 170 Å². The van der Waals surface area contributed by atoms with Gasteiger partial charge in [0, 0.05) is 0 Å². The molecule has 0 aliphatic carbocycles. The molecule has 4 amide bonds. The van der Waals surface area contributed by atoms with Crippen molar-refractivity contribution in [3.05, 3.63) is 0 Å². The van der Waals surface area contributed by atoms with E-state index in [1.54, 1.807) is 6.26 Å². The number of aliphatic hydroxyl groups is 2. The number of carboxylic acids is 1. The lowest BCUT2D eigenvalue weighted by atomic mass is 10.1. The van der Waals surface area contributed by atoms with Crippen LogP contribution in [0.4, 0.5) is 0 Å². The second-order valence-electron chi connectivity index (χ2n) is 5.95. The Kier molecular flexibility index (Phi) is 12.6. The van der Waals surface area contributed by atoms with Crippen LogP contribution in [0.2, 0.25) is 0 Å². The third-order valence-electron chi connectivity index (χ3n) is 3.61. The number of nitrogens with one attached hydrogen (secondary N) is 3. The standard InChI is InChI=1S/C15H27N5O8S/c1-29-3-2-8(13(25)19-9(15(27)28)4-11(17)23)18-14(26)10(6-22)20-12(24)7(16)5-21/h7-10,21-22H,2-6,16H2,1H3,(H2,17,23)(H,18,26)(H,19,25)(H,20,24)(H,27,28). The Morgan fingerprint density at radius 2 is 1.41 bits per heavy atom. The molecule has 0 aromatic rings. The molecule has 0 aromatic carbocycles. The summed E-state index contributed by atoms with van der Waals surface area (Å²) in [5, 5.41) is 33.8. The van der Waals surface area contributed by atoms with E-state index in [1.807, 2.05) is 0 Å². The lowest BCUT2D eigenvalue weighted by molar-refractivity contribution is -0.143. The molecule has 0 spiro atoms. The highest BCUT2D eigenvalue weighted by Crippen LogP contribution is 2.04. The number of hydrogen-bond acceptors (Lipinski definition) is 9. The fraction of sp³-hybridized carbons (Fsp3) is 0.667. The zero-order valence-corrected chi connectivity index (χ0v) is 16.6. The molecule has 0 saturated carbocycles. The fourth-order valence-corrected chi connectivity index (χ4v) is 2.48. The summed E-state index contributed by atoms with van der Waals surface area (Å²) in [5.41, 5.74) is 10.3. The summed E-state index contributed by atoms with van der Waals surface area (Å²) >= 11 is 1.36. The van der Waals surface area contributed by atoms with Gasteiger partial charge in [-0.15, -0.1) is 0 Å². The lowest BCUT2D eigenvalue weighted by Crippen LogP contribution is -2.58. The maximum Gasteiger partial charge on any atom is 0.326 e. The van der Waals surface area contributed by atoms with Gasteiger partial charge < -0.3 is 42.7 Å². The number of aliphatic carboxylic acids is 1. The number of hydrogen-bond donors (Lipinski definition) is 8. The predicted molar refractivity (Wildman–Crippen MR) is 102 cm³/mol. The van der Waals surface area contributed by atoms with Gasteiger partial charge in [-0.2, -0.15) is 11.8 Å². The quantitative estimate of drug-likeness (QED) is 0.130. The molecule has 0 rings (SSSR count). The first-order valence-electron chi connectivity index (χ1n) is 8.45. The molecular formula is C15H27N5O8S. The van der Waals surface area contributed by atoms with E-state index >= 15 is 0 Å². The smallest absolute Gasteiger partial charge is 0.326 e. The Bertz CT molecular complexity index is 605. The Morgan fingerprint density at radius 3 is 1.86 bits per heavy atom. The van der Waals surface area contributed by atoms with Gasteiger partial charge in [0.1, 0.15) is 24.2 Å². The van der Waals surface area contributed by atoms with Crippen molar-refractivity contribution in [1.82, 2.24) is 16.0 Å². The number of aliphatic hydroxyl groups excluding tert-OH is 2. The van der Waals surface area contributed by atoms with E-state index in [0.29, 0.717) is 5.75 Å². The maximum atomic E-state index is 12.4. The van der Waals surface area contributed by atoms with E-state index in [4.69, 9.17) is 21.7 Å². The van der Waals surface area contributed by atoms with Gasteiger partial charge in [0.05, 0.1) is 19.6 Å². The lowest BCUT2D eigenvalue weighted by Gasteiger charge is -2.24. The van der Waals surface area contributed by atoms with Crippen LogP contribution in [0.15, 0.2) is 0 Å². The van der Waals surface area contributed by atoms with E-state index in [-0.39, 0.29) is 6.42 Å². The van der Waals surface area contributed by atoms with Gasteiger partial charge in [0.15, 0.2) is 0 Å². The summed E-state index contributed by atoms with van der Waals surface area (Å²) in [7, 11) is 0. The zero-order chi connectivity index (χ0) is 22.6. The molecule has 0 aliphatic heterocycles. The Balaban J connectivity index is 5.21. The van der Waals surface area contributed by atoms with Gasteiger partial charge in [0.2, 0.25) is 23.6 Å². The van der Waals surface area contributed by atoms with E-state index < -0.39 is 73.4 Å². The minimum Gasteiger partial charge on any atom is -0.480 e. The van der Waals surface area contributed by atoms with Crippen LogP contribution in [0.3, 0.4) is 0 Å². The van der Waals surface area contributed by atoms with Crippen molar-refractivity contribution in [2.24, 2.45) is 11.5 Å². The molecule has 4 atom stereocenters. The van der Waals surface area contributed by atoms with E-state index in [9.17, 15) is 29.1 Å². The zero-order valence-electron chi connectivity index (χ0n) is 15.8. The van der Waals surface area contributed by atoms with Crippen molar-refractivity contribution in [3.8, 4) is 0 Å². The summed E-state index contributed by atoms with van der Waals surface area (Å²) in [4.78, 5) is 58.6. The van der Waals surface area contributed by atoms with Crippen molar-refractivity contribution in [2.45, 2.75) is 37.0 Å². The minimum atomic E-state index is -1.58. The monoisotopic (exact) mass is 437 g/mol. The summed E-state index contributed by atoms with van der Waals surface area (Å²) in [6, 6.07) is -5.55. The molecule has 0 heterocycles. The van der Waals surface area contributed by atoms with Gasteiger partial charge in [-0.1, -0.05) is 0 Å². The van der Waals surface area contributed by atoms with Crippen LogP contribution in [-0.2, 0) is 24.0 Å². The molecule has 0 aromatic heterocycles. The number of rotatable bonds is 14. The van der Waals surface area contributed by atoms with Crippen LogP contribution in [-0.4, -0.2) is 94.3 Å². The van der Waals surface area contributed by atoms with Crippen LogP contribution in [0, 0.1) is 0 Å². The number of amides is 4. The number of primary amides is 1. The van der Waals surface area contributed by atoms with Gasteiger partial charge >= 0.3 is 5.97 Å². The Hall–Kier alpha value is -2.42. The third kappa shape index (κ3) is 10.1. The topological polar surface area (TPSA) is 234 Å². The van der Waals surface area contributed by atoms with Crippen LogP contribution in [0.5, 0.6) is 0 Å². The first kappa shape index (κ1) is 26.6. The number of thioether (sulfide) groups is 1. The molecule has 29 heavy (non-hydrogen) atoms. The summed E-state index contributed by atoms with van der Waals surface area (Å²) in [5.74, 6) is -4.70. The number of carbonyl (C=O) groups excluding carboxylic acids is 4. The van der Waals surface area contributed by atoms with Gasteiger partial charge in [-0.05, 0) is 18.4 Å². The van der Waals surface area contributed by atoms with E-state index in [1.165, 1.54) is 11.8 Å². The van der Waals surface area contributed by atoms with Crippen molar-refractivity contribution in [3.63, 3.8) is 0 Å². The minimum absolute atomic E-state index is 0.101. The average molecular weight is 437 g/mol. The molecule has 0 bridgehead atoms. The van der Waals surface area contributed by atoms with Crippen LogP contribution in [0.1, 0.15) is 12.8 Å². The second kappa shape index (κ2) is 13.7. The Morgan fingerprint density at radius 1 is 0.897 bits per heavy atom. The van der Waals surface area contributed by atoms with Crippen molar-refractivity contribution in [1.29, 1.82) is 0 Å². The first-order valence-corrected chi connectivity index (χ1v) is 9.85. The summed E-state index contributed by atoms with van der Waals surface area (Å²) < 4.78 is 0. The molecule has 166 valence electrons. The molecule has 0 fully saturated rings. The molecule has 10 N–H and O–H groups in total. The maximum absolute atomic E-state index is 12.4. The molecule has 0 radical (unpaired) electrons.